The highest BCUT2D eigenvalue weighted by Crippen LogP contribution is 2.55. The number of amides is 1. The van der Waals surface area contributed by atoms with Crippen LogP contribution >= 0.6 is 15.9 Å². The van der Waals surface area contributed by atoms with Crippen LogP contribution in [-0.4, -0.2) is 65.1 Å². The van der Waals surface area contributed by atoms with Crippen LogP contribution in [0.25, 0.3) is 0 Å². The summed E-state index contributed by atoms with van der Waals surface area (Å²) in [6, 6.07) is 6.79. The average molecular weight is 531 g/mol. The molecule has 1 spiro atoms. The number of carboxylic acid groups (broad SMARTS) is 1. The lowest BCUT2D eigenvalue weighted by Crippen LogP contribution is -2.50. The molecule has 5 rings (SSSR count). The normalized spacial score (nSPS) is 28.1. The maximum Gasteiger partial charge on any atom is 0.335 e. The Bertz CT molecular complexity index is 1060. The molecule has 1 amide bonds. The SMILES string of the molecule is CCOC1=CC2(Br)CC(OCC)=C1C2N1CCC2(CC1)CC(=O)N(c1ccc(C(=O)O)cc1)C2. The van der Waals surface area contributed by atoms with Crippen LogP contribution in [0.2, 0.25) is 0 Å². The number of aromatic carboxylic acids is 1. The zero-order chi connectivity index (χ0) is 24.1. The van der Waals surface area contributed by atoms with Gasteiger partial charge in [0.15, 0.2) is 0 Å². The number of carbonyl (C=O) groups is 2. The molecule has 2 aliphatic carbocycles. The van der Waals surface area contributed by atoms with E-state index < -0.39 is 5.97 Å². The summed E-state index contributed by atoms with van der Waals surface area (Å²) in [5, 5.41) is 9.15. The Balaban J connectivity index is 1.29. The molecule has 1 aromatic rings. The van der Waals surface area contributed by atoms with Crippen molar-refractivity contribution in [1.82, 2.24) is 4.90 Å². The molecule has 2 aliphatic heterocycles. The number of carboxylic acids is 1. The second kappa shape index (κ2) is 8.72. The van der Waals surface area contributed by atoms with Crippen molar-refractivity contribution in [2.75, 3.05) is 37.7 Å². The molecule has 1 N–H and O–H groups in total. The molecule has 2 saturated heterocycles. The summed E-state index contributed by atoms with van der Waals surface area (Å²) in [7, 11) is 0. The number of likely N-dealkylation sites (tertiary alicyclic amines) is 1. The molecule has 1 aromatic carbocycles. The number of fused-ring (bicyclic) bond motifs is 2. The van der Waals surface area contributed by atoms with Gasteiger partial charge in [-0.1, -0.05) is 15.9 Å². The molecule has 0 radical (unpaired) electrons. The van der Waals surface area contributed by atoms with E-state index in [1.807, 2.05) is 18.7 Å². The third-order valence-electron chi connectivity index (χ3n) is 7.69. The Kier molecular flexibility index (Phi) is 6.01. The minimum absolute atomic E-state index is 0.0382. The number of ether oxygens (including phenoxy) is 2. The van der Waals surface area contributed by atoms with Gasteiger partial charge in [0.1, 0.15) is 11.5 Å². The Labute approximate surface area is 208 Å². The van der Waals surface area contributed by atoms with E-state index in [1.165, 1.54) is 5.57 Å². The summed E-state index contributed by atoms with van der Waals surface area (Å²) in [5.41, 5.74) is 2.15. The molecule has 2 bridgehead atoms. The van der Waals surface area contributed by atoms with Crippen LogP contribution in [0, 0.1) is 5.41 Å². The van der Waals surface area contributed by atoms with Gasteiger partial charge in [0.2, 0.25) is 5.91 Å². The molecular formula is C26H31BrN2O5. The van der Waals surface area contributed by atoms with E-state index in [4.69, 9.17) is 14.6 Å². The maximum atomic E-state index is 12.9. The van der Waals surface area contributed by atoms with Crippen LogP contribution < -0.4 is 4.90 Å². The minimum Gasteiger partial charge on any atom is -0.498 e. The quantitative estimate of drug-likeness (QED) is 0.528. The van der Waals surface area contributed by atoms with E-state index in [1.54, 1.807) is 24.3 Å². The number of rotatable bonds is 7. The summed E-state index contributed by atoms with van der Waals surface area (Å²) in [6.45, 7) is 7.79. The van der Waals surface area contributed by atoms with Crippen LogP contribution in [0.15, 0.2) is 47.4 Å². The van der Waals surface area contributed by atoms with E-state index in [9.17, 15) is 9.59 Å². The number of hydrogen-bond acceptors (Lipinski definition) is 5. The molecule has 182 valence electrons. The Hall–Kier alpha value is -2.32. The molecule has 2 atom stereocenters. The highest BCUT2D eigenvalue weighted by atomic mass is 79.9. The summed E-state index contributed by atoms with van der Waals surface area (Å²) in [5.74, 6) is 1.13. The van der Waals surface area contributed by atoms with E-state index in [0.717, 1.165) is 49.6 Å². The molecule has 0 aromatic heterocycles. The van der Waals surface area contributed by atoms with Crippen LogP contribution in [0.1, 0.15) is 49.9 Å². The lowest BCUT2D eigenvalue weighted by atomic mass is 9.77. The smallest absolute Gasteiger partial charge is 0.335 e. The van der Waals surface area contributed by atoms with Crippen LogP contribution in [0.5, 0.6) is 0 Å². The van der Waals surface area contributed by atoms with Gasteiger partial charge in [0, 0.05) is 25.1 Å². The van der Waals surface area contributed by atoms with Crippen molar-refractivity contribution in [3.05, 3.63) is 53.0 Å². The van der Waals surface area contributed by atoms with Gasteiger partial charge in [-0.2, -0.15) is 0 Å². The van der Waals surface area contributed by atoms with Gasteiger partial charge in [0.25, 0.3) is 0 Å². The zero-order valence-corrected chi connectivity index (χ0v) is 21.3. The first-order valence-electron chi connectivity index (χ1n) is 12.1. The summed E-state index contributed by atoms with van der Waals surface area (Å²) in [6.07, 6.45) is 5.48. The number of alkyl halides is 1. The van der Waals surface area contributed by atoms with Gasteiger partial charge in [-0.25, -0.2) is 4.79 Å². The number of hydrogen-bond donors (Lipinski definition) is 1. The minimum atomic E-state index is -0.960. The fourth-order valence-electron chi connectivity index (χ4n) is 6.10. The maximum absolute atomic E-state index is 12.9. The topological polar surface area (TPSA) is 79.3 Å². The Morgan fingerprint density at radius 2 is 1.79 bits per heavy atom. The fourth-order valence-corrected chi connectivity index (χ4v) is 7.08. The number of nitrogens with zero attached hydrogens (tertiary/aromatic N) is 2. The third-order valence-corrected chi connectivity index (χ3v) is 8.63. The lowest BCUT2D eigenvalue weighted by Gasteiger charge is -2.43. The highest BCUT2D eigenvalue weighted by molar-refractivity contribution is 9.10. The second-order valence-electron chi connectivity index (χ2n) is 9.76. The van der Waals surface area contributed by atoms with Gasteiger partial charge in [0.05, 0.1) is 34.7 Å². The van der Waals surface area contributed by atoms with E-state index in [-0.39, 0.29) is 27.3 Å². The monoisotopic (exact) mass is 530 g/mol. The van der Waals surface area contributed by atoms with Crippen molar-refractivity contribution < 1.29 is 24.2 Å². The van der Waals surface area contributed by atoms with Crippen molar-refractivity contribution in [3.8, 4) is 0 Å². The van der Waals surface area contributed by atoms with Gasteiger partial charge in [-0.3, -0.25) is 9.69 Å². The third kappa shape index (κ3) is 3.85. The Morgan fingerprint density at radius 1 is 1.12 bits per heavy atom. The number of benzene rings is 1. The summed E-state index contributed by atoms with van der Waals surface area (Å²) in [4.78, 5) is 28.5. The van der Waals surface area contributed by atoms with E-state index in [0.29, 0.717) is 26.2 Å². The first-order chi connectivity index (χ1) is 16.3. The fraction of sp³-hybridized carbons (Fsp3) is 0.538. The number of anilines is 1. The van der Waals surface area contributed by atoms with E-state index in [2.05, 4.69) is 26.9 Å². The number of allylic oxidation sites excluding steroid dienone is 1. The number of piperidine rings is 1. The predicted molar refractivity (Wildman–Crippen MR) is 132 cm³/mol. The van der Waals surface area contributed by atoms with Gasteiger partial charge in [-0.05, 0) is 75.5 Å². The van der Waals surface area contributed by atoms with Crippen molar-refractivity contribution >= 4 is 33.5 Å². The first-order valence-corrected chi connectivity index (χ1v) is 12.9. The van der Waals surface area contributed by atoms with Gasteiger partial charge >= 0.3 is 5.97 Å². The van der Waals surface area contributed by atoms with Crippen molar-refractivity contribution in [1.29, 1.82) is 0 Å². The largest absolute Gasteiger partial charge is 0.498 e. The Morgan fingerprint density at radius 3 is 2.41 bits per heavy atom. The standard InChI is InChI=1S/C26H31BrN2O5/c1-3-33-19-13-26(27)14-20(34-4-2)22(19)23(26)28-11-9-25(10-12-28)15-21(30)29(16-25)18-7-5-17(6-8-18)24(31)32/h5-8,13,23H,3-4,9-12,14-16H2,1-2H3,(H,31,32). The second-order valence-corrected chi connectivity index (χ2v) is 11.2. The molecule has 2 heterocycles. The molecule has 8 heteroatoms. The van der Waals surface area contributed by atoms with Crippen LogP contribution in [0.4, 0.5) is 5.69 Å². The molecule has 4 aliphatic rings. The summed E-state index contributed by atoms with van der Waals surface area (Å²) < 4.78 is 11.8. The summed E-state index contributed by atoms with van der Waals surface area (Å²) >= 11 is 4.03. The first kappa shape index (κ1) is 23.4. The van der Waals surface area contributed by atoms with E-state index >= 15 is 0 Å². The molecule has 34 heavy (non-hydrogen) atoms. The number of carbonyl (C=O) groups excluding carboxylic acids is 1. The van der Waals surface area contributed by atoms with Gasteiger partial charge < -0.3 is 19.5 Å². The molecular weight excluding hydrogens is 500 g/mol. The zero-order valence-electron chi connectivity index (χ0n) is 19.7. The molecule has 2 fully saturated rings. The van der Waals surface area contributed by atoms with Crippen molar-refractivity contribution in [2.45, 2.75) is 49.9 Å². The molecule has 0 saturated carbocycles. The van der Waals surface area contributed by atoms with Gasteiger partial charge in [-0.15, -0.1) is 0 Å². The highest BCUT2D eigenvalue weighted by Gasteiger charge is 2.56. The molecule has 7 nitrogen and oxygen atoms in total. The molecule has 2 unspecified atom stereocenters. The van der Waals surface area contributed by atoms with Crippen molar-refractivity contribution in [2.24, 2.45) is 5.41 Å². The average Bonchev–Trinajstić information content (AvgIpc) is 3.38. The van der Waals surface area contributed by atoms with Crippen molar-refractivity contribution in [3.63, 3.8) is 0 Å². The number of halogens is 1. The van der Waals surface area contributed by atoms with Crippen LogP contribution in [-0.2, 0) is 14.3 Å². The predicted octanol–water partition coefficient (Wildman–Crippen LogP) is 4.33. The van der Waals surface area contributed by atoms with Crippen LogP contribution in [0.3, 0.4) is 0 Å². The lowest BCUT2D eigenvalue weighted by molar-refractivity contribution is -0.118.